The van der Waals surface area contributed by atoms with Crippen LogP contribution in [0.5, 0.6) is 0 Å². The molecule has 0 bridgehead atoms. The molecule has 0 spiro atoms. The van der Waals surface area contributed by atoms with Crippen molar-refractivity contribution in [2.45, 2.75) is 36.9 Å². The predicted molar refractivity (Wildman–Crippen MR) is 95.1 cm³/mol. The summed E-state index contributed by atoms with van der Waals surface area (Å²) in [6.45, 7) is 1.85. The summed E-state index contributed by atoms with van der Waals surface area (Å²) in [5.74, 6) is -0.705. The Morgan fingerprint density at radius 3 is 2.11 bits per heavy atom. The van der Waals surface area contributed by atoms with E-state index in [1.807, 2.05) is 6.92 Å². The minimum Gasteiger partial charge on any atom is -0.288 e. The zero-order chi connectivity index (χ0) is 20.9. The maximum absolute atomic E-state index is 12.7. The van der Waals surface area contributed by atoms with Crippen molar-refractivity contribution in [1.82, 2.24) is 10.2 Å². The lowest BCUT2D eigenvalue weighted by molar-refractivity contribution is -0.137. The Bertz CT molecular complexity index is 911. The number of nitrogens with one attached hydrogen (secondary N) is 2. The van der Waals surface area contributed by atoms with Crippen molar-refractivity contribution in [3.8, 4) is 0 Å². The molecule has 1 amide bonds. The number of benzene rings is 2. The molecule has 0 aromatic heterocycles. The summed E-state index contributed by atoms with van der Waals surface area (Å²) in [5, 5.41) is 8.64. The average Bonchev–Trinajstić information content (AvgIpc) is 2.66. The monoisotopic (exact) mass is 416 g/mol. The van der Waals surface area contributed by atoms with Crippen molar-refractivity contribution in [2.24, 2.45) is 0 Å². The predicted octanol–water partition coefficient (Wildman–Crippen LogP) is 3.64. The normalized spacial score (nSPS) is 13.2. The number of halogens is 3. The summed E-state index contributed by atoms with van der Waals surface area (Å²) < 4.78 is 65.6. The fourth-order valence-corrected chi connectivity index (χ4v) is 3.85. The Morgan fingerprint density at radius 2 is 1.64 bits per heavy atom. The van der Waals surface area contributed by atoms with Gasteiger partial charge in [-0.3, -0.25) is 10.0 Å². The molecule has 0 saturated heterocycles. The number of hydrogen-bond acceptors (Lipinski definition) is 4. The Kier molecular flexibility index (Phi) is 6.81. The van der Waals surface area contributed by atoms with Crippen molar-refractivity contribution in [2.75, 3.05) is 0 Å². The first-order valence-electron chi connectivity index (χ1n) is 8.32. The van der Waals surface area contributed by atoms with Gasteiger partial charge in [-0.05, 0) is 48.4 Å². The summed E-state index contributed by atoms with van der Waals surface area (Å²) in [7, 11) is -4.06. The SMILES string of the molecule is CCCC(NS(=O)(=O)c1ccc(C(F)(F)F)cc1)c1ccc(C(=O)NO)cc1. The van der Waals surface area contributed by atoms with Crippen molar-refractivity contribution >= 4 is 15.9 Å². The van der Waals surface area contributed by atoms with Crippen LogP contribution in [0.25, 0.3) is 0 Å². The molecule has 0 heterocycles. The van der Waals surface area contributed by atoms with Crippen LogP contribution < -0.4 is 10.2 Å². The summed E-state index contributed by atoms with van der Waals surface area (Å²) in [4.78, 5) is 11.1. The highest BCUT2D eigenvalue weighted by Crippen LogP contribution is 2.30. The number of sulfonamides is 1. The second-order valence-corrected chi connectivity index (χ2v) is 7.76. The van der Waals surface area contributed by atoms with Crippen molar-refractivity contribution < 1.29 is 31.6 Å². The molecule has 28 heavy (non-hydrogen) atoms. The third kappa shape index (κ3) is 5.31. The van der Waals surface area contributed by atoms with Gasteiger partial charge in [-0.25, -0.2) is 18.6 Å². The molecule has 1 atom stereocenters. The van der Waals surface area contributed by atoms with Crippen LogP contribution in [0.1, 0.15) is 47.3 Å². The highest BCUT2D eigenvalue weighted by atomic mass is 32.2. The molecule has 0 aliphatic heterocycles. The van der Waals surface area contributed by atoms with E-state index >= 15 is 0 Å². The second kappa shape index (κ2) is 8.72. The molecule has 1 unspecified atom stereocenters. The lowest BCUT2D eigenvalue weighted by atomic mass is 10.0. The Morgan fingerprint density at radius 1 is 1.07 bits per heavy atom. The molecule has 152 valence electrons. The minimum absolute atomic E-state index is 0.187. The molecule has 6 nitrogen and oxygen atoms in total. The number of hydroxylamine groups is 1. The van der Waals surface area contributed by atoms with E-state index in [0.717, 1.165) is 12.1 Å². The van der Waals surface area contributed by atoms with Gasteiger partial charge in [-0.2, -0.15) is 13.2 Å². The standard InChI is InChI=1S/C18H19F3N2O4S/c1-2-3-16(12-4-6-13(7-5-12)17(24)22-25)23-28(26,27)15-10-8-14(9-11-15)18(19,20)21/h4-11,16,23,25H,2-3H2,1H3,(H,22,24). The van der Waals surface area contributed by atoms with Crippen LogP contribution in [0.2, 0.25) is 0 Å². The number of rotatable bonds is 7. The lowest BCUT2D eigenvalue weighted by Gasteiger charge is -2.19. The number of amides is 1. The number of carbonyl (C=O) groups excluding carboxylic acids is 1. The van der Waals surface area contributed by atoms with Gasteiger partial charge in [0.15, 0.2) is 0 Å². The topological polar surface area (TPSA) is 95.5 Å². The van der Waals surface area contributed by atoms with Gasteiger partial charge in [-0.1, -0.05) is 25.5 Å². The smallest absolute Gasteiger partial charge is 0.288 e. The quantitative estimate of drug-likeness (QED) is 0.474. The highest BCUT2D eigenvalue weighted by Gasteiger charge is 2.31. The highest BCUT2D eigenvalue weighted by molar-refractivity contribution is 7.89. The van der Waals surface area contributed by atoms with Crippen LogP contribution in [-0.4, -0.2) is 19.5 Å². The zero-order valence-corrected chi connectivity index (χ0v) is 15.6. The average molecular weight is 416 g/mol. The summed E-state index contributed by atoms with van der Waals surface area (Å²) in [6, 6.07) is 8.54. The van der Waals surface area contributed by atoms with E-state index in [2.05, 4.69) is 4.72 Å². The summed E-state index contributed by atoms with van der Waals surface area (Å²) in [6.07, 6.45) is -3.48. The van der Waals surface area contributed by atoms with Gasteiger partial charge >= 0.3 is 6.18 Å². The molecule has 0 aliphatic rings. The van der Waals surface area contributed by atoms with Gasteiger partial charge in [0.25, 0.3) is 5.91 Å². The van der Waals surface area contributed by atoms with Gasteiger partial charge in [-0.15, -0.1) is 0 Å². The molecule has 0 radical (unpaired) electrons. The van der Waals surface area contributed by atoms with Gasteiger partial charge < -0.3 is 0 Å². The molecular formula is C18H19F3N2O4S. The van der Waals surface area contributed by atoms with Gasteiger partial charge in [0, 0.05) is 11.6 Å². The molecule has 0 fully saturated rings. The van der Waals surface area contributed by atoms with E-state index in [0.29, 0.717) is 30.5 Å². The van der Waals surface area contributed by atoms with E-state index in [-0.39, 0.29) is 10.5 Å². The van der Waals surface area contributed by atoms with E-state index in [4.69, 9.17) is 5.21 Å². The van der Waals surface area contributed by atoms with E-state index < -0.39 is 33.7 Å². The zero-order valence-electron chi connectivity index (χ0n) is 14.8. The largest absolute Gasteiger partial charge is 0.416 e. The van der Waals surface area contributed by atoms with Gasteiger partial charge in [0.1, 0.15) is 0 Å². The molecule has 2 aromatic rings. The Hall–Kier alpha value is -2.43. The first-order valence-corrected chi connectivity index (χ1v) is 9.80. The Balaban J connectivity index is 2.26. The van der Waals surface area contributed by atoms with Gasteiger partial charge in [0.2, 0.25) is 10.0 Å². The third-order valence-corrected chi connectivity index (χ3v) is 5.53. The maximum Gasteiger partial charge on any atom is 0.416 e. The fraction of sp³-hybridized carbons (Fsp3) is 0.278. The number of alkyl halides is 3. The molecule has 2 rings (SSSR count). The molecule has 0 aliphatic carbocycles. The van der Waals surface area contributed by atoms with Crippen LogP contribution in [0.15, 0.2) is 53.4 Å². The van der Waals surface area contributed by atoms with Crippen molar-refractivity contribution in [3.05, 3.63) is 65.2 Å². The van der Waals surface area contributed by atoms with Crippen LogP contribution in [0, 0.1) is 0 Å². The van der Waals surface area contributed by atoms with Crippen LogP contribution in [0.3, 0.4) is 0 Å². The Labute approximate surface area is 160 Å². The van der Waals surface area contributed by atoms with Crippen LogP contribution in [-0.2, 0) is 16.2 Å². The van der Waals surface area contributed by atoms with E-state index in [9.17, 15) is 26.4 Å². The number of hydrogen-bond donors (Lipinski definition) is 3. The summed E-state index contributed by atoms with van der Waals surface area (Å²) >= 11 is 0. The van der Waals surface area contributed by atoms with Crippen LogP contribution in [0.4, 0.5) is 13.2 Å². The minimum atomic E-state index is -4.55. The maximum atomic E-state index is 12.7. The molecule has 3 N–H and O–H groups in total. The first-order chi connectivity index (χ1) is 13.1. The number of carbonyl (C=O) groups is 1. The van der Waals surface area contributed by atoms with E-state index in [1.54, 1.807) is 12.1 Å². The first kappa shape index (κ1) is 21.9. The van der Waals surface area contributed by atoms with Crippen LogP contribution >= 0.6 is 0 Å². The molecular weight excluding hydrogens is 397 g/mol. The van der Waals surface area contributed by atoms with E-state index in [1.165, 1.54) is 17.6 Å². The van der Waals surface area contributed by atoms with Crippen molar-refractivity contribution in [3.63, 3.8) is 0 Å². The van der Waals surface area contributed by atoms with Crippen molar-refractivity contribution in [1.29, 1.82) is 0 Å². The molecule has 10 heteroatoms. The molecule has 2 aromatic carbocycles. The summed E-state index contributed by atoms with van der Waals surface area (Å²) in [5.41, 5.74) is 1.33. The fourth-order valence-electron chi connectivity index (χ4n) is 2.59. The lowest BCUT2D eigenvalue weighted by Crippen LogP contribution is -2.29. The van der Waals surface area contributed by atoms with Gasteiger partial charge in [0.05, 0.1) is 10.5 Å². The third-order valence-electron chi connectivity index (χ3n) is 4.04. The molecule has 0 saturated carbocycles. The second-order valence-electron chi connectivity index (χ2n) is 6.05.